The number of piperazine rings is 1. The number of aliphatic imine (C=N–C) groups is 1. The Bertz CT molecular complexity index is 762. The highest BCUT2D eigenvalue weighted by molar-refractivity contribution is 5.92. The van der Waals surface area contributed by atoms with Crippen molar-refractivity contribution in [2.75, 3.05) is 46.3 Å². The lowest BCUT2D eigenvalue weighted by Crippen LogP contribution is -2.54. The van der Waals surface area contributed by atoms with Gasteiger partial charge in [0.1, 0.15) is 0 Å². The molecule has 1 aliphatic heterocycles. The zero-order valence-corrected chi connectivity index (χ0v) is 15.2. The van der Waals surface area contributed by atoms with Gasteiger partial charge in [0.2, 0.25) is 0 Å². The van der Waals surface area contributed by atoms with E-state index in [-0.39, 0.29) is 17.6 Å². The lowest BCUT2D eigenvalue weighted by atomic mass is 10.3. The number of hydrogen-bond acceptors (Lipinski definition) is 5. The van der Waals surface area contributed by atoms with Gasteiger partial charge in [-0.05, 0) is 24.3 Å². The van der Waals surface area contributed by atoms with E-state index in [4.69, 9.17) is 8.83 Å². The number of nitrogens with zero attached hydrogens (tertiary/aromatic N) is 3. The minimum Gasteiger partial charge on any atom is -0.459 e. The summed E-state index contributed by atoms with van der Waals surface area (Å²) in [6.07, 6.45) is 2.96. The van der Waals surface area contributed by atoms with Gasteiger partial charge in [0.05, 0.1) is 12.5 Å². The molecule has 0 unspecified atom stereocenters. The zero-order valence-electron chi connectivity index (χ0n) is 15.2. The first-order chi connectivity index (χ1) is 13.2. The fourth-order valence-corrected chi connectivity index (χ4v) is 2.85. The highest BCUT2D eigenvalue weighted by atomic mass is 16.3. The van der Waals surface area contributed by atoms with Crippen LogP contribution in [0, 0.1) is 0 Å². The molecule has 2 amide bonds. The lowest BCUT2D eigenvalue weighted by molar-refractivity contribution is 0.0657. The van der Waals surface area contributed by atoms with Gasteiger partial charge < -0.3 is 29.3 Å². The fourth-order valence-electron chi connectivity index (χ4n) is 2.85. The van der Waals surface area contributed by atoms with Crippen LogP contribution in [0.1, 0.15) is 21.1 Å². The molecule has 0 aromatic carbocycles. The van der Waals surface area contributed by atoms with Gasteiger partial charge in [-0.1, -0.05) is 0 Å². The van der Waals surface area contributed by atoms with Crippen LogP contribution < -0.4 is 10.6 Å². The first-order valence-electron chi connectivity index (χ1n) is 8.79. The van der Waals surface area contributed by atoms with Gasteiger partial charge in [-0.15, -0.1) is 0 Å². The van der Waals surface area contributed by atoms with Crippen molar-refractivity contribution in [3.05, 3.63) is 48.3 Å². The minimum absolute atomic E-state index is 0.0942. The fraction of sp³-hybridized carbons (Fsp3) is 0.389. The number of guanidine groups is 1. The summed E-state index contributed by atoms with van der Waals surface area (Å²) in [5.41, 5.74) is 0. The molecule has 144 valence electrons. The molecule has 0 saturated carbocycles. The Morgan fingerprint density at radius 1 is 0.963 bits per heavy atom. The van der Waals surface area contributed by atoms with Crippen molar-refractivity contribution in [3.8, 4) is 0 Å². The van der Waals surface area contributed by atoms with E-state index in [0.717, 1.165) is 5.96 Å². The third-order valence-corrected chi connectivity index (χ3v) is 4.25. The molecule has 0 atom stereocenters. The maximum absolute atomic E-state index is 12.3. The Morgan fingerprint density at radius 3 is 2.15 bits per heavy atom. The number of nitrogens with one attached hydrogen (secondary N) is 2. The van der Waals surface area contributed by atoms with Crippen molar-refractivity contribution >= 4 is 17.8 Å². The molecule has 0 spiro atoms. The molecule has 2 aromatic rings. The Balaban J connectivity index is 1.40. The van der Waals surface area contributed by atoms with Crippen molar-refractivity contribution in [2.24, 2.45) is 4.99 Å². The molecule has 1 saturated heterocycles. The number of carbonyl (C=O) groups is 2. The second kappa shape index (κ2) is 8.93. The van der Waals surface area contributed by atoms with E-state index in [2.05, 4.69) is 20.5 Å². The Kier molecular flexibility index (Phi) is 6.14. The average Bonchev–Trinajstić information content (AvgIpc) is 3.41. The van der Waals surface area contributed by atoms with Gasteiger partial charge in [-0.2, -0.15) is 0 Å². The number of amides is 2. The van der Waals surface area contributed by atoms with Crippen LogP contribution in [-0.4, -0.2) is 73.9 Å². The molecule has 0 bridgehead atoms. The summed E-state index contributed by atoms with van der Waals surface area (Å²) in [6, 6.07) is 6.67. The van der Waals surface area contributed by atoms with Crippen molar-refractivity contribution in [1.29, 1.82) is 0 Å². The summed E-state index contributed by atoms with van der Waals surface area (Å²) in [6.45, 7) is 3.50. The molecule has 1 fully saturated rings. The van der Waals surface area contributed by atoms with E-state index in [1.165, 1.54) is 12.5 Å². The Labute approximate surface area is 157 Å². The normalized spacial score (nSPS) is 14.9. The zero-order chi connectivity index (χ0) is 19.1. The smallest absolute Gasteiger partial charge is 0.289 e. The molecule has 9 heteroatoms. The monoisotopic (exact) mass is 373 g/mol. The molecular weight excluding hydrogens is 350 g/mol. The summed E-state index contributed by atoms with van der Waals surface area (Å²) >= 11 is 0. The quantitative estimate of drug-likeness (QED) is 0.453. The molecule has 9 nitrogen and oxygen atoms in total. The van der Waals surface area contributed by atoms with Crippen LogP contribution in [0.5, 0.6) is 0 Å². The molecule has 2 N–H and O–H groups in total. The third kappa shape index (κ3) is 4.69. The van der Waals surface area contributed by atoms with Crippen molar-refractivity contribution in [3.63, 3.8) is 0 Å². The van der Waals surface area contributed by atoms with Gasteiger partial charge >= 0.3 is 0 Å². The Morgan fingerprint density at radius 2 is 1.56 bits per heavy atom. The number of rotatable bonds is 5. The summed E-state index contributed by atoms with van der Waals surface area (Å²) in [5, 5.41) is 5.99. The van der Waals surface area contributed by atoms with Gasteiger partial charge in [0.25, 0.3) is 11.8 Å². The lowest BCUT2D eigenvalue weighted by Gasteiger charge is -2.36. The third-order valence-electron chi connectivity index (χ3n) is 4.25. The number of carbonyl (C=O) groups excluding carboxylic acids is 2. The topological polar surface area (TPSA) is 103 Å². The van der Waals surface area contributed by atoms with E-state index in [1.807, 2.05) is 0 Å². The van der Waals surface area contributed by atoms with E-state index >= 15 is 0 Å². The van der Waals surface area contributed by atoms with Crippen molar-refractivity contribution < 1.29 is 18.4 Å². The summed E-state index contributed by atoms with van der Waals surface area (Å²) in [7, 11) is 1.71. The van der Waals surface area contributed by atoms with E-state index in [9.17, 15) is 9.59 Å². The SMILES string of the molecule is CN=C(NCCNC(=O)c1ccco1)N1CCN(C(=O)c2ccco2)CC1. The molecule has 0 aliphatic carbocycles. The maximum Gasteiger partial charge on any atom is 0.289 e. The van der Waals surface area contributed by atoms with Gasteiger partial charge in [0.15, 0.2) is 17.5 Å². The number of hydrogen-bond donors (Lipinski definition) is 2. The highest BCUT2D eigenvalue weighted by Gasteiger charge is 2.25. The van der Waals surface area contributed by atoms with Crippen LogP contribution in [0.3, 0.4) is 0 Å². The van der Waals surface area contributed by atoms with E-state index in [1.54, 1.807) is 36.2 Å². The highest BCUT2D eigenvalue weighted by Crippen LogP contribution is 2.09. The van der Waals surface area contributed by atoms with Crippen LogP contribution in [-0.2, 0) is 0 Å². The van der Waals surface area contributed by atoms with Crippen molar-refractivity contribution in [1.82, 2.24) is 20.4 Å². The minimum atomic E-state index is -0.248. The second-order valence-electron chi connectivity index (χ2n) is 5.96. The second-order valence-corrected chi connectivity index (χ2v) is 5.96. The molecule has 3 heterocycles. The number of furan rings is 2. The predicted octanol–water partition coefficient (Wildman–Crippen LogP) is 0.636. The summed E-state index contributed by atoms with van der Waals surface area (Å²) in [5.74, 6) is 1.05. The van der Waals surface area contributed by atoms with Gasteiger partial charge in [0, 0.05) is 46.3 Å². The largest absolute Gasteiger partial charge is 0.459 e. The van der Waals surface area contributed by atoms with Crippen LogP contribution in [0.15, 0.2) is 50.6 Å². The van der Waals surface area contributed by atoms with Crippen molar-refractivity contribution in [2.45, 2.75) is 0 Å². The average molecular weight is 373 g/mol. The predicted molar refractivity (Wildman–Crippen MR) is 98.6 cm³/mol. The standard InChI is InChI=1S/C18H23N5O4/c1-19-18(21-7-6-20-16(24)14-4-2-12-26-14)23-10-8-22(9-11-23)17(25)15-5-3-13-27-15/h2-5,12-13H,6-11H2,1H3,(H,19,21)(H,20,24). The molecular formula is C18H23N5O4. The van der Waals surface area contributed by atoms with Crippen LogP contribution in [0.25, 0.3) is 0 Å². The van der Waals surface area contributed by atoms with E-state index in [0.29, 0.717) is 45.0 Å². The molecule has 3 rings (SSSR count). The van der Waals surface area contributed by atoms with Gasteiger partial charge in [-0.25, -0.2) is 0 Å². The summed E-state index contributed by atoms with van der Waals surface area (Å²) < 4.78 is 10.2. The summed E-state index contributed by atoms with van der Waals surface area (Å²) in [4.78, 5) is 32.2. The van der Waals surface area contributed by atoms with Gasteiger partial charge in [-0.3, -0.25) is 14.6 Å². The molecule has 1 aliphatic rings. The van der Waals surface area contributed by atoms with Crippen LogP contribution in [0.2, 0.25) is 0 Å². The van der Waals surface area contributed by atoms with E-state index < -0.39 is 0 Å². The maximum atomic E-state index is 12.3. The molecule has 27 heavy (non-hydrogen) atoms. The first kappa shape index (κ1) is 18.6. The Hall–Kier alpha value is -3.23. The molecule has 0 radical (unpaired) electrons. The van der Waals surface area contributed by atoms with Crippen LogP contribution >= 0.6 is 0 Å². The molecule has 2 aromatic heterocycles. The first-order valence-corrected chi connectivity index (χ1v) is 8.79. The van der Waals surface area contributed by atoms with Crippen LogP contribution in [0.4, 0.5) is 0 Å².